The number of unbranched alkanes of at least 4 members (excludes halogenated alkanes) is 6. The first-order valence-corrected chi connectivity index (χ1v) is 15.7. The summed E-state index contributed by atoms with van der Waals surface area (Å²) in [6, 6.07) is 0. The van der Waals surface area contributed by atoms with Gasteiger partial charge in [-0.2, -0.15) is 0 Å². The number of carbonyl (C=O) groups excluding carboxylic acids is 1. The summed E-state index contributed by atoms with van der Waals surface area (Å²) in [6.45, 7) is 6.72. The van der Waals surface area contributed by atoms with Gasteiger partial charge in [-0.15, -0.1) is 0 Å². The molecule has 0 heterocycles. The number of hydrogen-bond acceptors (Lipinski definition) is 2. The molecule has 0 aromatic carbocycles. The molecule has 0 spiro atoms. The summed E-state index contributed by atoms with van der Waals surface area (Å²) in [7, 11) is 0. The predicted octanol–water partition coefficient (Wildman–Crippen LogP) is 8.56. The van der Waals surface area contributed by atoms with Crippen molar-refractivity contribution in [3.63, 3.8) is 0 Å². The molecular weight excluding hydrogens is 363 g/mol. The van der Waals surface area contributed by atoms with E-state index in [1.165, 1.54) is 108 Å². The Kier molecular flexibility index (Phi) is 13.0. The molecule has 28 heavy (non-hydrogen) atoms. The summed E-state index contributed by atoms with van der Waals surface area (Å²) in [5.41, 5.74) is 0. The Morgan fingerprint density at radius 3 is 1.61 bits per heavy atom. The second-order valence-corrected chi connectivity index (χ2v) is 15.3. The van der Waals surface area contributed by atoms with E-state index in [9.17, 15) is 4.79 Å². The molecule has 0 N–H and O–H groups in total. The van der Waals surface area contributed by atoms with Crippen LogP contribution in [0.4, 0.5) is 0 Å². The van der Waals surface area contributed by atoms with Crippen LogP contribution >= 0.6 is 6.83 Å². The summed E-state index contributed by atoms with van der Waals surface area (Å²) >= 11 is 0. The molecule has 0 unspecified atom stereocenters. The summed E-state index contributed by atoms with van der Waals surface area (Å²) in [5, 5.41) is 0. The average Bonchev–Trinajstić information content (AvgIpc) is 2.73. The molecule has 1 aliphatic rings. The van der Waals surface area contributed by atoms with Crippen LogP contribution in [0, 0.1) is 5.92 Å². The molecule has 168 valence electrons. The van der Waals surface area contributed by atoms with E-state index in [0.717, 1.165) is 12.8 Å². The summed E-state index contributed by atoms with van der Waals surface area (Å²) in [5.74, 6) is 0.395. The Morgan fingerprint density at radius 2 is 1.14 bits per heavy atom. The van der Waals surface area contributed by atoms with Crippen LogP contribution in [-0.4, -0.2) is 30.6 Å². The van der Waals surface area contributed by atoms with Crippen LogP contribution in [0.2, 0.25) is 0 Å². The molecule has 0 aliphatic heterocycles. The quantitative estimate of drug-likeness (QED) is 0.187. The molecule has 1 fully saturated rings. The Hall–Kier alpha value is -0.100. The first kappa shape index (κ1) is 25.9. The molecule has 1 saturated carbocycles. The van der Waals surface area contributed by atoms with Gasteiger partial charge >= 0.3 is 177 Å². The van der Waals surface area contributed by atoms with E-state index >= 15 is 0 Å². The van der Waals surface area contributed by atoms with E-state index < -0.39 is 6.83 Å². The van der Waals surface area contributed by atoms with Crippen molar-refractivity contribution >= 4 is 12.8 Å². The predicted molar refractivity (Wildman–Crippen MR) is 128 cm³/mol. The van der Waals surface area contributed by atoms with Gasteiger partial charge in [-0.05, 0) is 0 Å². The third-order valence-electron chi connectivity index (χ3n) is 7.10. The zero-order chi connectivity index (χ0) is 20.7. The topological polar surface area (TPSA) is 26.3 Å². The first-order chi connectivity index (χ1) is 13.5. The maximum atomic E-state index is 13.4. The maximum absolute atomic E-state index is 13.4. The van der Waals surface area contributed by atoms with E-state index in [0.29, 0.717) is 0 Å². The van der Waals surface area contributed by atoms with Crippen LogP contribution in [0.3, 0.4) is 0 Å². The standard InChI is InChI=1S/C25H51O2P/c1-5-9-13-17-23-28(20-10-6-2,21-11-7-3,22-12-8-4)27-25(26)24-18-15-14-16-19-24/h24H,5-23H2,1-4H3. The fraction of sp³-hybridized carbons (Fsp3) is 0.960. The second-order valence-electron chi connectivity index (χ2n) is 9.62. The van der Waals surface area contributed by atoms with Crippen molar-refractivity contribution in [3.05, 3.63) is 0 Å². The van der Waals surface area contributed by atoms with Crippen LogP contribution in [0.15, 0.2) is 0 Å². The van der Waals surface area contributed by atoms with E-state index in [-0.39, 0.29) is 11.9 Å². The molecule has 0 bridgehead atoms. The van der Waals surface area contributed by atoms with Crippen molar-refractivity contribution in [2.75, 3.05) is 24.6 Å². The first-order valence-electron chi connectivity index (χ1n) is 12.8. The fourth-order valence-corrected chi connectivity index (χ4v) is 11.9. The zero-order valence-electron chi connectivity index (χ0n) is 19.8. The SMILES string of the molecule is CCCCCCP(CCCC)(CCCC)(CCCC)OC(=O)C1CCCCC1. The van der Waals surface area contributed by atoms with Crippen molar-refractivity contribution in [1.29, 1.82) is 0 Å². The fourth-order valence-electron chi connectivity index (χ4n) is 5.13. The van der Waals surface area contributed by atoms with Crippen molar-refractivity contribution in [2.24, 2.45) is 5.92 Å². The van der Waals surface area contributed by atoms with Gasteiger partial charge in [0.05, 0.1) is 0 Å². The van der Waals surface area contributed by atoms with Crippen LogP contribution < -0.4 is 0 Å². The molecule has 0 amide bonds. The Labute approximate surface area is 177 Å². The third-order valence-corrected chi connectivity index (χ3v) is 13.6. The summed E-state index contributed by atoms with van der Waals surface area (Å²) in [4.78, 5) is 13.4. The van der Waals surface area contributed by atoms with Crippen LogP contribution in [0.25, 0.3) is 0 Å². The zero-order valence-corrected chi connectivity index (χ0v) is 20.7. The minimum atomic E-state index is -2.45. The van der Waals surface area contributed by atoms with Gasteiger partial charge in [0.15, 0.2) is 0 Å². The Balaban J connectivity index is 3.13. The molecule has 3 heteroatoms. The Bertz CT molecular complexity index is 390. The second kappa shape index (κ2) is 14.0. The number of rotatable bonds is 16. The third kappa shape index (κ3) is 8.33. The molecule has 0 atom stereocenters. The van der Waals surface area contributed by atoms with Gasteiger partial charge < -0.3 is 0 Å². The van der Waals surface area contributed by atoms with Gasteiger partial charge in [0.1, 0.15) is 0 Å². The molecule has 2 nitrogen and oxygen atoms in total. The van der Waals surface area contributed by atoms with E-state index in [4.69, 9.17) is 4.52 Å². The van der Waals surface area contributed by atoms with Crippen molar-refractivity contribution in [3.8, 4) is 0 Å². The van der Waals surface area contributed by atoms with Crippen LogP contribution in [0.1, 0.15) is 124 Å². The van der Waals surface area contributed by atoms with E-state index in [1.54, 1.807) is 0 Å². The number of hydrogen-bond donors (Lipinski definition) is 0. The summed E-state index contributed by atoms with van der Waals surface area (Å²) in [6.07, 6.45) is 23.2. The molecule has 1 aliphatic carbocycles. The van der Waals surface area contributed by atoms with Gasteiger partial charge in [-0.3, -0.25) is 0 Å². The molecule has 0 radical (unpaired) electrons. The van der Waals surface area contributed by atoms with Crippen molar-refractivity contribution < 1.29 is 9.32 Å². The van der Waals surface area contributed by atoms with E-state index in [1.807, 2.05) is 0 Å². The van der Waals surface area contributed by atoms with Crippen molar-refractivity contribution in [1.82, 2.24) is 0 Å². The van der Waals surface area contributed by atoms with Gasteiger partial charge in [-0.1, -0.05) is 0 Å². The Morgan fingerprint density at radius 1 is 0.679 bits per heavy atom. The average molecular weight is 415 g/mol. The molecule has 0 aromatic heterocycles. The van der Waals surface area contributed by atoms with Crippen LogP contribution in [0.5, 0.6) is 0 Å². The van der Waals surface area contributed by atoms with Gasteiger partial charge in [0, 0.05) is 0 Å². The minimum absolute atomic E-state index is 0.191. The molecule has 0 saturated heterocycles. The van der Waals surface area contributed by atoms with Gasteiger partial charge in [0.25, 0.3) is 0 Å². The molecular formula is C25H51O2P. The molecule has 0 aromatic rings. The summed E-state index contributed by atoms with van der Waals surface area (Å²) < 4.78 is 6.94. The number of carbonyl (C=O) groups is 1. The van der Waals surface area contributed by atoms with Gasteiger partial charge in [-0.25, -0.2) is 0 Å². The molecule has 1 rings (SSSR count). The van der Waals surface area contributed by atoms with E-state index in [2.05, 4.69) is 27.7 Å². The normalized spacial score (nSPS) is 17.2. The van der Waals surface area contributed by atoms with Crippen molar-refractivity contribution in [2.45, 2.75) is 124 Å². The van der Waals surface area contributed by atoms with Gasteiger partial charge in [0.2, 0.25) is 0 Å². The monoisotopic (exact) mass is 414 g/mol. The van der Waals surface area contributed by atoms with Crippen LogP contribution in [-0.2, 0) is 9.32 Å².